The lowest BCUT2D eigenvalue weighted by Crippen LogP contribution is -2.41. The second-order valence-corrected chi connectivity index (χ2v) is 8.79. The molecule has 0 spiro atoms. The average Bonchev–Trinajstić information content (AvgIpc) is 3.27. The number of amidine groups is 1. The van der Waals surface area contributed by atoms with Crippen molar-refractivity contribution in [1.29, 1.82) is 0 Å². The molecule has 2 aromatic heterocycles. The van der Waals surface area contributed by atoms with Crippen molar-refractivity contribution < 1.29 is 4.79 Å². The van der Waals surface area contributed by atoms with E-state index in [0.717, 1.165) is 32.2 Å². The number of pyridine rings is 1. The van der Waals surface area contributed by atoms with E-state index in [1.807, 2.05) is 41.8 Å². The molecule has 32 heavy (non-hydrogen) atoms. The van der Waals surface area contributed by atoms with Gasteiger partial charge in [0.25, 0.3) is 0 Å². The van der Waals surface area contributed by atoms with Crippen molar-refractivity contribution in [1.82, 2.24) is 4.98 Å². The topological polar surface area (TPSA) is 131 Å². The molecule has 2 heterocycles. The average molecular weight is 446 g/mol. The molecule has 2 aromatic carbocycles. The number of fused-ring (bicyclic) bond motifs is 3. The summed E-state index contributed by atoms with van der Waals surface area (Å²) < 4.78 is 1.11. The number of carbonyl (C=O) groups excluding carboxylic acids is 1. The van der Waals surface area contributed by atoms with Gasteiger partial charge in [-0.25, -0.2) is 4.98 Å². The monoisotopic (exact) mass is 445 g/mol. The number of benzene rings is 2. The summed E-state index contributed by atoms with van der Waals surface area (Å²) in [7, 11) is 1.63. The molecular weight excluding hydrogens is 422 g/mol. The van der Waals surface area contributed by atoms with E-state index in [-0.39, 0.29) is 5.78 Å². The highest BCUT2D eigenvalue weighted by atomic mass is 32.1. The summed E-state index contributed by atoms with van der Waals surface area (Å²) in [5.74, 6) is 6.20. The van der Waals surface area contributed by atoms with Crippen LogP contribution in [0.1, 0.15) is 29.8 Å². The Labute approximate surface area is 189 Å². The van der Waals surface area contributed by atoms with E-state index in [1.165, 1.54) is 0 Å². The first-order valence-corrected chi connectivity index (χ1v) is 10.8. The minimum absolute atomic E-state index is 0.126. The number of nitrogens with one attached hydrogen (secondary N) is 1. The standard InChI is InChI=1S/C23H23N7OS/c1-23(2,24)20(31)13-5-4-6-15(11-13)27-22-17-9-10-32-19(17)16-8-7-14(12-18(16)28-22)21(26-3)29-30-25/h4-12H,24H2,1-3H3,(H,27,28)(H2,25,26,29). The van der Waals surface area contributed by atoms with Gasteiger partial charge >= 0.3 is 0 Å². The zero-order valence-corrected chi connectivity index (χ0v) is 18.8. The van der Waals surface area contributed by atoms with E-state index in [9.17, 15) is 4.79 Å². The third-order valence-corrected chi connectivity index (χ3v) is 5.94. The second kappa shape index (κ2) is 8.45. The highest BCUT2D eigenvalue weighted by Crippen LogP contribution is 2.35. The number of nitrogens with two attached hydrogens (primary N) is 2. The molecule has 0 aliphatic heterocycles. The van der Waals surface area contributed by atoms with Crippen LogP contribution in [0.15, 0.2) is 69.2 Å². The summed E-state index contributed by atoms with van der Waals surface area (Å²) in [6, 6.07) is 15.1. The predicted octanol–water partition coefficient (Wildman–Crippen LogP) is 4.82. The van der Waals surface area contributed by atoms with Crippen molar-refractivity contribution in [3.05, 3.63) is 65.0 Å². The number of Topliss-reactive ketones (excluding diaryl/α,β-unsaturated/α-hetero) is 1. The molecule has 8 nitrogen and oxygen atoms in total. The molecule has 0 amide bonds. The molecule has 0 bridgehead atoms. The first-order valence-electron chi connectivity index (χ1n) is 9.91. The molecule has 0 aliphatic carbocycles. The van der Waals surface area contributed by atoms with Crippen molar-refractivity contribution in [2.45, 2.75) is 19.4 Å². The summed E-state index contributed by atoms with van der Waals surface area (Å²) >= 11 is 1.64. The Bertz CT molecular complexity index is 1380. The Morgan fingerprint density at radius 2 is 1.91 bits per heavy atom. The maximum Gasteiger partial charge on any atom is 0.182 e. The molecule has 4 rings (SSSR count). The SMILES string of the molecule is CN=C(N=NN)c1ccc2c(c1)nc(Nc1cccc(C(=O)C(C)(C)N)c1)c1ccsc12. The van der Waals surface area contributed by atoms with Gasteiger partial charge < -0.3 is 16.9 Å². The van der Waals surface area contributed by atoms with Gasteiger partial charge in [0.15, 0.2) is 11.6 Å². The highest BCUT2D eigenvalue weighted by Gasteiger charge is 2.23. The van der Waals surface area contributed by atoms with Gasteiger partial charge in [0.05, 0.1) is 11.1 Å². The number of anilines is 2. The maximum absolute atomic E-state index is 12.6. The van der Waals surface area contributed by atoms with Crippen LogP contribution in [0.5, 0.6) is 0 Å². The van der Waals surface area contributed by atoms with E-state index < -0.39 is 5.54 Å². The fraction of sp³-hybridized carbons (Fsp3) is 0.174. The molecule has 162 valence electrons. The second-order valence-electron chi connectivity index (χ2n) is 7.88. The first kappa shape index (κ1) is 21.5. The van der Waals surface area contributed by atoms with Crippen LogP contribution >= 0.6 is 11.3 Å². The Morgan fingerprint density at radius 1 is 1.09 bits per heavy atom. The summed E-state index contributed by atoms with van der Waals surface area (Å²) in [6.45, 7) is 3.40. The van der Waals surface area contributed by atoms with E-state index in [0.29, 0.717) is 17.2 Å². The van der Waals surface area contributed by atoms with Crippen molar-refractivity contribution in [3.63, 3.8) is 0 Å². The number of aromatic nitrogens is 1. The third-order valence-electron chi connectivity index (χ3n) is 4.99. The molecular formula is C23H23N7OS. The van der Waals surface area contributed by atoms with Crippen LogP contribution in [-0.2, 0) is 0 Å². The Morgan fingerprint density at radius 3 is 2.62 bits per heavy atom. The number of nitrogens with zero attached hydrogens (tertiary/aromatic N) is 4. The lowest BCUT2D eigenvalue weighted by atomic mass is 9.94. The van der Waals surface area contributed by atoms with Gasteiger partial charge in [-0.1, -0.05) is 29.5 Å². The quantitative estimate of drug-likeness (QED) is 0.101. The maximum atomic E-state index is 12.6. The van der Waals surface area contributed by atoms with Crippen LogP contribution in [0.2, 0.25) is 0 Å². The van der Waals surface area contributed by atoms with Crippen LogP contribution in [-0.4, -0.2) is 29.2 Å². The van der Waals surface area contributed by atoms with Crippen LogP contribution < -0.4 is 16.9 Å². The van der Waals surface area contributed by atoms with Crippen LogP contribution in [0.4, 0.5) is 11.5 Å². The van der Waals surface area contributed by atoms with Gasteiger partial charge in [-0.05, 0) is 43.5 Å². The molecule has 0 unspecified atom stereocenters. The third kappa shape index (κ3) is 4.08. The molecule has 9 heteroatoms. The number of thiophene rings is 1. The molecule has 0 saturated heterocycles. The normalized spacial score (nSPS) is 12.7. The molecule has 0 aliphatic rings. The minimum atomic E-state index is -0.948. The van der Waals surface area contributed by atoms with Gasteiger partial charge in [0.1, 0.15) is 5.82 Å². The summed E-state index contributed by atoms with van der Waals surface area (Å²) in [5, 5.41) is 14.6. The fourth-order valence-electron chi connectivity index (χ4n) is 3.47. The number of rotatable bonds is 5. The largest absolute Gasteiger partial charge is 0.340 e. The number of aliphatic imine (C=N–C) groups is 1. The Kier molecular flexibility index (Phi) is 5.68. The van der Waals surface area contributed by atoms with Crippen LogP contribution in [0, 0.1) is 0 Å². The fourth-order valence-corrected chi connectivity index (χ4v) is 4.40. The number of carbonyl (C=O) groups is 1. The van der Waals surface area contributed by atoms with Crippen molar-refractivity contribution in [3.8, 4) is 0 Å². The predicted molar refractivity (Wildman–Crippen MR) is 131 cm³/mol. The molecule has 0 fully saturated rings. The summed E-state index contributed by atoms with van der Waals surface area (Å²) in [6.07, 6.45) is 0. The van der Waals surface area contributed by atoms with E-state index in [4.69, 9.17) is 16.6 Å². The van der Waals surface area contributed by atoms with Crippen molar-refractivity contribution in [2.75, 3.05) is 12.4 Å². The van der Waals surface area contributed by atoms with E-state index >= 15 is 0 Å². The number of hydrogen-bond donors (Lipinski definition) is 3. The molecule has 0 radical (unpaired) electrons. The lowest BCUT2D eigenvalue weighted by molar-refractivity contribution is 0.0913. The van der Waals surface area contributed by atoms with Crippen LogP contribution in [0.25, 0.3) is 21.0 Å². The van der Waals surface area contributed by atoms with Crippen molar-refractivity contribution >= 4 is 55.4 Å². The molecule has 4 aromatic rings. The smallest absolute Gasteiger partial charge is 0.182 e. The zero-order chi connectivity index (χ0) is 22.9. The van der Waals surface area contributed by atoms with Gasteiger partial charge in [0.2, 0.25) is 0 Å². The summed E-state index contributed by atoms with van der Waals surface area (Å²) in [5.41, 5.74) is 7.89. The number of hydrogen-bond acceptors (Lipinski definition) is 7. The van der Waals surface area contributed by atoms with E-state index in [2.05, 4.69) is 20.6 Å². The van der Waals surface area contributed by atoms with Gasteiger partial charge in [-0.15, -0.1) is 16.5 Å². The molecule has 5 N–H and O–H groups in total. The number of ketones is 1. The van der Waals surface area contributed by atoms with Gasteiger partial charge in [-0.3, -0.25) is 9.79 Å². The zero-order valence-electron chi connectivity index (χ0n) is 18.0. The summed E-state index contributed by atoms with van der Waals surface area (Å²) in [4.78, 5) is 21.6. The Balaban J connectivity index is 1.80. The van der Waals surface area contributed by atoms with Crippen molar-refractivity contribution in [2.24, 2.45) is 26.9 Å². The minimum Gasteiger partial charge on any atom is -0.340 e. The molecule has 0 saturated carbocycles. The lowest BCUT2D eigenvalue weighted by Gasteiger charge is -2.17. The van der Waals surface area contributed by atoms with E-state index in [1.54, 1.807) is 44.4 Å². The molecule has 0 atom stereocenters. The Hall–Kier alpha value is -3.69. The van der Waals surface area contributed by atoms with Gasteiger partial charge in [-0.2, -0.15) is 0 Å². The van der Waals surface area contributed by atoms with Gasteiger partial charge in [0, 0.05) is 39.3 Å². The first-order chi connectivity index (χ1) is 15.3. The highest BCUT2D eigenvalue weighted by molar-refractivity contribution is 7.18. The van der Waals surface area contributed by atoms with Crippen LogP contribution in [0.3, 0.4) is 0 Å².